The first kappa shape index (κ1) is 21.9. The molecule has 31 heavy (non-hydrogen) atoms. The van der Waals surface area contributed by atoms with E-state index in [-0.39, 0.29) is 23.7 Å². The molecule has 1 aromatic heterocycles. The number of amides is 2. The highest BCUT2D eigenvalue weighted by Crippen LogP contribution is 2.25. The molecule has 4 N–H and O–H groups in total. The van der Waals surface area contributed by atoms with Crippen molar-refractivity contribution in [2.75, 3.05) is 19.7 Å². The van der Waals surface area contributed by atoms with E-state index in [9.17, 15) is 14.0 Å². The Morgan fingerprint density at radius 3 is 2.68 bits per heavy atom. The van der Waals surface area contributed by atoms with Crippen LogP contribution < -0.4 is 15.8 Å². The van der Waals surface area contributed by atoms with Crippen LogP contribution in [-0.2, 0) is 16.1 Å². The van der Waals surface area contributed by atoms with E-state index < -0.39 is 17.9 Å². The average Bonchev–Trinajstić information content (AvgIpc) is 2.77. The zero-order chi connectivity index (χ0) is 22.2. The molecule has 164 valence electrons. The zero-order valence-corrected chi connectivity index (χ0v) is 16.7. The predicted octanol–water partition coefficient (Wildman–Crippen LogP) is 1.65. The van der Waals surface area contributed by atoms with Crippen LogP contribution in [0.5, 0.6) is 6.01 Å². The van der Waals surface area contributed by atoms with Crippen LogP contribution in [0.3, 0.4) is 0 Å². The number of rotatable bonds is 7. The molecule has 1 aliphatic heterocycles. The summed E-state index contributed by atoms with van der Waals surface area (Å²) in [6, 6.07) is 4.86. The Bertz CT molecular complexity index is 932. The first-order valence-corrected chi connectivity index (χ1v) is 9.66. The van der Waals surface area contributed by atoms with Crippen LogP contribution in [-0.4, -0.2) is 53.0 Å². The Morgan fingerprint density at radius 1 is 1.32 bits per heavy atom. The van der Waals surface area contributed by atoms with Gasteiger partial charge in [-0.1, -0.05) is 18.2 Å². The molecule has 0 aliphatic carbocycles. The van der Waals surface area contributed by atoms with Gasteiger partial charge < -0.3 is 20.1 Å². The Labute approximate surface area is 178 Å². The van der Waals surface area contributed by atoms with Gasteiger partial charge >= 0.3 is 12.1 Å². The fourth-order valence-corrected chi connectivity index (χ4v) is 3.15. The summed E-state index contributed by atoms with van der Waals surface area (Å²) in [5.74, 6) is -0.809. The van der Waals surface area contributed by atoms with Gasteiger partial charge in [-0.25, -0.2) is 19.2 Å². The van der Waals surface area contributed by atoms with Crippen molar-refractivity contribution in [2.45, 2.75) is 19.4 Å². The molecule has 0 unspecified atom stereocenters. The van der Waals surface area contributed by atoms with Crippen LogP contribution in [0, 0.1) is 17.1 Å². The molecule has 1 saturated heterocycles. The summed E-state index contributed by atoms with van der Waals surface area (Å²) in [5.41, 5.74) is 5.88. The largest absolute Gasteiger partial charge is 0.463 e. The van der Waals surface area contributed by atoms with Crippen molar-refractivity contribution >= 4 is 18.5 Å². The summed E-state index contributed by atoms with van der Waals surface area (Å²) >= 11 is 0. The van der Waals surface area contributed by atoms with Gasteiger partial charge in [0.05, 0.1) is 6.61 Å². The third-order valence-corrected chi connectivity index (χ3v) is 4.86. The summed E-state index contributed by atoms with van der Waals surface area (Å²) in [6.45, 7) is 1.56. The number of hydrogen-bond donors (Lipinski definition) is 3. The molecule has 0 spiro atoms. The second-order valence-corrected chi connectivity index (χ2v) is 7.04. The molecule has 11 heteroatoms. The number of nitrogens with one attached hydrogen (secondary N) is 2. The van der Waals surface area contributed by atoms with Crippen LogP contribution in [0.1, 0.15) is 18.4 Å². The second-order valence-electron chi connectivity index (χ2n) is 7.04. The molecular formula is C20H23FN6O4. The minimum absolute atomic E-state index is 0.151. The normalized spacial score (nSPS) is 14.0. The Balaban J connectivity index is 1.58. The molecule has 0 saturated carbocycles. The Hall–Kier alpha value is -3.76. The number of carbonyl (C=O) groups excluding carboxylic acids is 2. The number of alkyl carbamates (subject to hydrolysis) is 1. The summed E-state index contributed by atoms with van der Waals surface area (Å²) < 4.78 is 25.3. The van der Waals surface area contributed by atoms with Gasteiger partial charge in [-0.3, -0.25) is 15.5 Å². The van der Waals surface area contributed by atoms with Gasteiger partial charge in [0.15, 0.2) is 5.96 Å². The van der Waals surface area contributed by atoms with Crippen molar-refractivity contribution in [1.29, 1.82) is 5.41 Å². The molecule has 1 fully saturated rings. The van der Waals surface area contributed by atoms with Crippen molar-refractivity contribution in [3.8, 4) is 17.1 Å². The van der Waals surface area contributed by atoms with Crippen LogP contribution in [0.25, 0.3) is 11.1 Å². The highest BCUT2D eigenvalue weighted by Gasteiger charge is 2.19. The van der Waals surface area contributed by atoms with Gasteiger partial charge in [0.2, 0.25) is 6.41 Å². The number of ether oxygens (including phenoxy) is 2. The maximum absolute atomic E-state index is 14.8. The molecule has 0 bridgehead atoms. The molecule has 3 rings (SSSR count). The molecule has 1 aliphatic rings. The fourth-order valence-electron chi connectivity index (χ4n) is 3.15. The highest BCUT2D eigenvalue weighted by molar-refractivity contribution is 5.90. The van der Waals surface area contributed by atoms with Crippen molar-refractivity contribution in [3.63, 3.8) is 0 Å². The van der Waals surface area contributed by atoms with Crippen molar-refractivity contribution in [1.82, 2.24) is 20.2 Å². The number of halogens is 1. The maximum Gasteiger partial charge on any atom is 0.414 e. The van der Waals surface area contributed by atoms with Gasteiger partial charge in [0, 0.05) is 42.2 Å². The number of nitrogens with zero attached hydrogens (tertiary/aromatic N) is 3. The van der Waals surface area contributed by atoms with E-state index in [0.29, 0.717) is 31.2 Å². The van der Waals surface area contributed by atoms with Gasteiger partial charge in [0.1, 0.15) is 12.4 Å². The topological polar surface area (TPSA) is 144 Å². The van der Waals surface area contributed by atoms with Crippen LogP contribution in [0.2, 0.25) is 0 Å². The van der Waals surface area contributed by atoms with E-state index in [1.807, 2.05) is 5.32 Å². The summed E-state index contributed by atoms with van der Waals surface area (Å²) in [7, 11) is 0. The minimum atomic E-state index is -0.945. The maximum atomic E-state index is 14.8. The minimum Gasteiger partial charge on any atom is -0.463 e. The molecule has 2 amide bonds. The van der Waals surface area contributed by atoms with Crippen molar-refractivity contribution in [2.24, 2.45) is 11.7 Å². The van der Waals surface area contributed by atoms with Gasteiger partial charge in [-0.15, -0.1) is 0 Å². The number of piperidine rings is 1. The molecular weight excluding hydrogens is 407 g/mol. The van der Waals surface area contributed by atoms with E-state index >= 15 is 0 Å². The van der Waals surface area contributed by atoms with Crippen LogP contribution in [0.15, 0.2) is 30.6 Å². The number of likely N-dealkylation sites (tertiary alicyclic amines) is 1. The van der Waals surface area contributed by atoms with Crippen molar-refractivity contribution in [3.05, 3.63) is 42.0 Å². The molecule has 2 aromatic rings. The second kappa shape index (κ2) is 10.3. The van der Waals surface area contributed by atoms with E-state index in [2.05, 4.69) is 9.97 Å². The lowest BCUT2D eigenvalue weighted by molar-refractivity contribution is -0.119. The molecule has 0 radical (unpaired) electrons. The van der Waals surface area contributed by atoms with Gasteiger partial charge in [-0.2, -0.15) is 0 Å². The first-order chi connectivity index (χ1) is 15.0. The number of carbonyl (C=O) groups is 2. The van der Waals surface area contributed by atoms with Gasteiger partial charge in [-0.05, 0) is 18.8 Å². The highest BCUT2D eigenvalue weighted by atomic mass is 19.1. The lowest BCUT2D eigenvalue weighted by Crippen LogP contribution is -2.36. The molecule has 10 nitrogen and oxygen atoms in total. The van der Waals surface area contributed by atoms with Crippen molar-refractivity contribution < 1.29 is 23.5 Å². The standard InChI is InChI=1S/C20H23FN6O4/c21-17-14(11-31-20(29)26-18(22)23)2-1-3-16(17)15-8-24-19(25-9-15)30-10-13-4-6-27(12-28)7-5-13/h1-3,8-9,12-13H,4-7,10-11H2,(H4,22,23,26,29). The third kappa shape index (κ3) is 6.11. The quantitative estimate of drug-likeness (QED) is 0.344. The number of hydrogen-bond acceptors (Lipinski definition) is 7. The van der Waals surface area contributed by atoms with E-state index in [0.717, 1.165) is 19.3 Å². The monoisotopic (exact) mass is 430 g/mol. The number of aromatic nitrogens is 2. The average molecular weight is 430 g/mol. The SMILES string of the molecule is N=C(N)NC(=O)OCc1cccc(-c2cnc(OCC3CCN(C=O)CC3)nc2)c1F. The van der Waals surface area contributed by atoms with E-state index in [4.69, 9.17) is 20.6 Å². The third-order valence-electron chi connectivity index (χ3n) is 4.86. The van der Waals surface area contributed by atoms with Gasteiger partial charge in [0.25, 0.3) is 0 Å². The number of nitrogens with two attached hydrogens (primary N) is 1. The zero-order valence-electron chi connectivity index (χ0n) is 16.7. The lowest BCUT2D eigenvalue weighted by atomic mass is 9.98. The Morgan fingerprint density at radius 2 is 2.03 bits per heavy atom. The predicted molar refractivity (Wildman–Crippen MR) is 109 cm³/mol. The number of guanidine groups is 1. The van der Waals surface area contributed by atoms with E-state index in [1.54, 1.807) is 17.0 Å². The lowest BCUT2D eigenvalue weighted by Gasteiger charge is -2.28. The molecule has 2 heterocycles. The smallest absolute Gasteiger partial charge is 0.414 e. The Kier molecular flexibility index (Phi) is 7.31. The summed E-state index contributed by atoms with van der Waals surface area (Å²) in [4.78, 5) is 32.2. The molecule has 1 aromatic carbocycles. The van der Waals surface area contributed by atoms with Crippen LogP contribution >= 0.6 is 0 Å². The molecule has 0 atom stereocenters. The fraction of sp³-hybridized carbons (Fsp3) is 0.350. The summed E-state index contributed by atoms with van der Waals surface area (Å²) in [5, 5.41) is 8.92. The van der Waals surface area contributed by atoms with Crippen LogP contribution in [0.4, 0.5) is 9.18 Å². The number of benzene rings is 1. The first-order valence-electron chi connectivity index (χ1n) is 9.66. The van der Waals surface area contributed by atoms with E-state index in [1.165, 1.54) is 18.5 Å². The summed E-state index contributed by atoms with van der Waals surface area (Å²) in [6.07, 6.45) is 4.56.